The molecule has 0 saturated carbocycles. The molecule has 0 amide bonds. The Kier molecular flexibility index (Phi) is 6.16. The molecule has 5 heteroatoms. The van der Waals surface area contributed by atoms with E-state index in [1.807, 2.05) is 30.5 Å². The Bertz CT molecular complexity index is 3250. The molecule has 0 N–H and O–H groups in total. The van der Waals surface area contributed by atoms with Gasteiger partial charge in [-0.05, 0) is 81.7 Å². The van der Waals surface area contributed by atoms with Crippen molar-refractivity contribution in [2.24, 2.45) is 0 Å². The molecule has 0 saturated heterocycles. The molecule has 0 atom stereocenters. The lowest BCUT2D eigenvalue weighted by Gasteiger charge is -2.20. The maximum atomic E-state index is 6.25. The number of benzene rings is 7. The normalized spacial score (nSPS) is 12.4. The Hall–Kier alpha value is -6.72. The maximum Gasteiger partial charge on any atom is 0.227 e. The molecule has 252 valence electrons. The predicted octanol–water partition coefficient (Wildman–Crippen LogP) is 12.7. The fourth-order valence-electron chi connectivity index (χ4n) is 8.43. The van der Waals surface area contributed by atoms with E-state index in [1.165, 1.54) is 54.2 Å². The van der Waals surface area contributed by atoms with E-state index in [2.05, 4.69) is 151 Å². The van der Waals surface area contributed by atoms with E-state index in [4.69, 9.17) is 14.4 Å². The molecule has 7 aromatic carbocycles. The minimum atomic E-state index is -0.0360. The summed E-state index contributed by atoms with van der Waals surface area (Å²) >= 11 is 0. The zero-order chi connectivity index (χ0) is 35.4. The van der Waals surface area contributed by atoms with Gasteiger partial charge in [0, 0.05) is 44.4 Å². The first-order valence-electron chi connectivity index (χ1n) is 18.2. The summed E-state index contributed by atoms with van der Waals surface area (Å²) in [6, 6.07) is 52.1. The molecule has 53 heavy (non-hydrogen) atoms. The average Bonchev–Trinajstić information content (AvgIpc) is 3.88. The maximum absolute atomic E-state index is 6.25. The molecule has 11 aromatic rings. The van der Waals surface area contributed by atoms with Gasteiger partial charge in [-0.15, -0.1) is 0 Å². The quantitative estimate of drug-likeness (QED) is 0.174. The van der Waals surface area contributed by atoms with Gasteiger partial charge in [0.1, 0.15) is 11.3 Å². The fourth-order valence-corrected chi connectivity index (χ4v) is 8.43. The van der Waals surface area contributed by atoms with E-state index in [-0.39, 0.29) is 5.41 Å². The molecule has 0 radical (unpaired) electrons. The third kappa shape index (κ3) is 4.37. The molecule has 0 bridgehead atoms. The second kappa shape index (κ2) is 10.9. The SMILES string of the molecule is CC(C)(C)c1ccnc(-n2c3cc(-n4c5ccccc5c5ccc(-c6nc7ccccc7o6)cc54)ccc3c3c4ccccc4c4ccccc4c32)c1. The number of nitrogens with zero attached hydrogens (tertiary/aromatic N) is 4. The second-order valence-corrected chi connectivity index (χ2v) is 15.1. The van der Waals surface area contributed by atoms with Crippen LogP contribution in [0.3, 0.4) is 0 Å². The van der Waals surface area contributed by atoms with Crippen molar-refractivity contribution in [3.05, 3.63) is 157 Å². The summed E-state index contributed by atoms with van der Waals surface area (Å²) in [6.07, 6.45) is 1.96. The molecule has 11 rings (SSSR count). The molecule has 5 nitrogen and oxygen atoms in total. The molecular formula is C48H34N4O. The van der Waals surface area contributed by atoms with Gasteiger partial charge in [0.05, 0.1) is 22.1 Å². The summed E-state index contributed by atoms with van der Waals surface area (Å²) in [5.74, 6) is 1.53. The summed E-state index contributed by atoms with van der Waals surface area (Å²) in [7, 11) is 0. The third-order valence-corrected chi connectivity index (χ3v) is 10.9. The number of rotatable bonds is 3. The van der Waals surface area contributed by atoms with Crippen molar-refractivity contribution in [1.82, 2.24) is 19.1 Å². The first-order valence-corrected chi connectivity index (χ1v) is 18.2. The van der Waals surface area contributed by atoms with Gasteiger partial charge in [-0.2, -0.15) is 0 Å². The van der Waals surface area contributed by atoms with Crippen LogP contribution < -0.4 is 0 Å². The number of hydrogen-bond donors (Lipinski definition) is 0. The molecule has 0 fully saturated rings. The van der Waals surface area contributed by atoms with Gasteiger partial charge in [0.2, 0.25) is 5.89 Å². The Labute approximate surface area is 305 Å². The van der Waals surface area contributed by atoms with E-state index in [0.717, 1.165) is 44.7 Å². The fraction of sp³-hybridized carbons (Fsp3) is 0.0833. The van der Waals surface area contributed by atoms with Crippen LogP contribution in [0.5, 0.6) is 0 Å². The highest BCUT2D eigenvalue weighted by atomic mass is 16.3. The van der Waals surface area contributed by atoms with Gasteiger partial charge >= 0.3 is 0 Å². The van der Waals surface area contributed by atoms with Gasteiger partial charge in [0.25, 0.3) is 0 Å². The lowest BCUT2D eigenvalue weighted by atomic mass is 9.88. The molecule has 0 aliphatic carbocycles. The first kappa shape index (κ1) is 30.0. The number of aromatic nitrogens is 4. The van der Waals surface area contributed by atoms with Crippen LogP contribution in [0.2, 0.25) is 0 Å². The molecular weight excluding hydrogens is 649 g/mol. The molecule has 4 heterocycles. The summed E-state index contributed by atoms with van der Waals surface area (Å²) in [5.41, 5.74) is 9.37. The van der Waals surface area contributed by atoms with Crippen molar-refractivity contribution in [3.8, 4) is 23.0 Å². The Morgan fingerprint density at radius 3 is 2.00 bits per heavy atom. The van der Waals surface area contributed by atoms with Gasteiger partial charge in [0.15, 0.2) is 5.58 Å². The van der Waals surface area contributed by atoms with E-state index in [9.17, 15) is 0 Å². The molecule has 4 aromatic heterocycles. The largest absolute Gasteiger partial charge is 0.436 e. The van der Waals surface area contributed by atoms with Gasteiger partial charge in [-0.3, -0.25) is 4.57 Å². The molecule has 0 spiro atoms. The van der Waals surface area contributed by atoms with Crippen molar-refractivity contribution >= 4 is 76.3 Å². The van der Waals surface area contributed by atoms with E-state index < -0.39 is 0 Å². The number of pyridine rings is 1. The first-order chi connectivity index (χ1) is 25.9. The van der Waals surface area contributed by atoms with Crippen LogP contribution in [0, 0.1) is 0 Å². The van der Waals surface area contributed by atoms with E-state index >= 15 is 0 Å². The number of hydrogen-bond acceptors (Lipinski definition) is 3. The predicted molar refractivity (Wildman–Crippen MR) is 220 cm³/mol. The second-order valence-electron chi connectivity index (χ2n) is 15.1. The van der Waals surface area contributed by atoms with Crippen LogP contribution in [0.1, 0.15) is 26.3 Å². The monoisotopic (exact) mass is 682 g/mol. The number of para-hydroxylation sites is 3. The third-order valence-electron chi connectivity index (χ3n) is 10.9. The summed E-state index contributed by atoms with van der Waals surface area (Å²) in [4.78, 5) is 9.92. The number of fused-ring (bicyclic) bond motifs is 12. The van der Waals surface area contributed by atoms with Crippen molar-refractivity contribution in [1.29, 1.82) is 0 Å². The Morgan fingerprint density at radius 2 is 1.19 bits per heavy atom. The smallest absolute Gasteiger partial charge is 0.227 e. The highest BCUT2D eigenvalue weighted by Gasteiger charge is 2.23. The topological polar surface area (TPSA) is 48.8 Å². The van der Waals surface area contributed by atoms with E-state index in [0.29, 0.717) is 5.89 Å². The van der Waals surface area contributed by atoms with Crippen molar-refractivity contribution in [3.63, 3.8) is 0 Å². The van der Waals surface area contributed by atoms with Gasteiger partial charge in [-0.1, -0.05) is 112 Å². The van der Waals surface area contributed by atoms with Crippen LogP contribution in [-0.4, -0.2) is 19.1 Å². The summed E-state index contributed by atoms with van der Waals surface area (Å²) in [5, 5.41) is 9.75. The summed E-state index contributed by atoms with van der Waals surface area (Å²) in [6.45, 7) is 6.78. The average molecular weight is 683 g/mol. The minimum Gasteiger partial charge on any atom is -0.436 e. The lowest BCUT2D eigenvalue weighted by molar-refractivity contribution is 0.588. The van der Waals surface area contributed by atoms with Crippen molar-refractivity contribution in [2.75, 3.05) is 0 Å². The lowest BCUT2D eigenvalue weighted by Crippen LogP contribution is -2.12. The molecule has 0 unspecified atom stereocenters. The van der Waals surface area contributed by atoms with E-state index in [1.54, 1.807) is 0 Å². The Morgan fingerprint density at radius 1 is 0.528 bits per heavy atom. The van der Waals surface area contributed by atoms with Crippen LogP contribution in [0.4, 0.5) is 0 Å². The molecule has 0 aliphatic heterocycles. The molecule has 0 aliphatic rings. The zero-order valence-corrected chi connectivity index (χ0v) is 29.6. The highest BCUT2D eigenvalue weighted by Crippen LogP contribution is 2.44. The van der Waals surface area contributed by atoms with Gasteiger partial charge < -0.3 is 8.98 Å². The summed E-state index contributed by atoms with van der Waals surface area (Å²) < 4.78 is 11.0. The van der Waals surface area contributed by atoms with Gasteiger partial charge in [-0.25, -0.2) is 9.97 Å². The standard InChI is InChI=1S/C48H34N4O/c1-48(2,3)30-24-25-49-44(27-30)52-42-28-31(21-23-38(42)45-36-15-6-4-12-32(36)33-13-5-7-16-37(33)46(45)52)51-40-18-10-8-14-34(40)35-22-20-29(26-41(35)51)47-50-39-17-9-11-19-43(39)53-47/h4-28H,1-3H3. The minimum absolute atomic E-state index is 0.0360. The number of oxazole rings is 1. The zero-order valence-electron chi connectivity index (χ0n) is 29.6. The van der Waals surface area contributed by atoms with Crippen molar-refractivity contribution < 1.29 is 4.42 Å². The Balaban J connectivity index is 1.26. The highest BCUT2D eigenvalue weighted by molar-refractivity contribution is 6.32. The van der Waals surface area contributed by atoms with Crippen LogP contribution in [-0.2, 0) is 5.41 Å². The van der Waals surface area contributed by atoms with Crippen LogP contribution in [0.15, 0.2) is 156 Å². The van der Waals surface area contributed by atoms with Crippen LogP contribution in [0.25, 0.3) is 99.2 Å². The van der Waals surface area contributed by atoms with Crippen molar-refractivity contribution in [2.45, 2.75) is 26.2 Å². The van der Waals surface area contributed by atoms with Crippen LogP contribution >= 0.6 is 0 Å².